The minimum atomic E-state index is 0.0765. The number of rotatable bonds is 12. The highest BCUT2D eigenvalue weighted by Gasteiger charge is 2.21. The summed E-state index contributed by atoms with van der Waals surface area (Å²) < 4.78 is 0. The molecule has 196 valence electrons. The fourth-order valence-electron chi connectivity index (χ4n) is 4.52. The second kappa shape index (κ2) is 12.8. The van der Waals surface area contributed by atoms with Crippen LogP contribution in [0.2, 0.25) is 0 Å². The normalized spacial score (nSPS) is 11.3. The molecule has 0 aliphatic heterocycles. The molecule has 0 saturated carbocycles. The molecule has 1 heterocycles. The Bertz CT molecular complexity index is 1170. The second-order valence-corrected chi connectivity index (χ2v) is 10.9. The summed E-state index contributed by atoms with van der Waals surface area (Å²) in [7, 11) is 2.15. The molecule has 0 N–H and O–H groups in total. The third-order valence-electron chi connectivity index (χ3n) is 6.94. The zero-order valence-electron chi connectivity index (χ0n) is 23.8. The molecule has 3 nitrogen and oxygen atoms in total. The van der Waals surface area contributed by atoms with Gasteiger partial charge in [0.1, 0.15) is 0 Å². The first-order chi connectivity index (χ1) is 17.7. The lowest BCUT2D eigenvalue weighted by Crippen LogP contribution is -2.42. The molecule has 37 heavy (non-hydrogen) atoms. The predicted molar refractivity (Wildman–Crippen MR) is 164 cm³/mol. The molecule has 0 fully saturated rings. The highest BCUT2D eigenvalue weighted by atomic mass is 15.2. The summed E-state index contributed by atoms with van der Waals surface area (Å²) in [6.45, 7) is 22.2. The van der Waals surface area contributed by atoms with Gasteiger partial charge in [0, 0.05) is 48.2 Å². The molecule has 0 saturated heterocycles. The predicted octanol–water partition coefficient (Wildman–Crippen LogP) is 8.85. The van der Waals surface area contributed by atoms with E-state index in [1.54, 1.807) is 0 Å². The molecular formula is C34H45N3. The summed E-state index contributed by atoms with van der Waals surface area (Å²) in [5.74, 6) is 0. The van der Waals surface area contributed by atoms with Gasteiger partial charge >= 0.3 is 0 Å². The summed E-state index contributed by atoms with van der Waals surface area (Å²) in [5.41, 5.74) is 8.31. The summed E-state index contributed by atoms with van der Waals surface area (Å²) in [5, 5.41) is 0. The van der Waals surface area contributed by atoms with Crippen molar-refractivity contribution in [3.8, 4) is 0 Å². The van der Waals surface area contributed by atoms with Crippen LogP contribution in [0, 0.1) is 0 Å². The van der Waals surface area contributed by atoms with E-state index in [1.807, 2.05) is 18.2 Å². The third-order valence-corrected chi connectivity index (χ3v) is 6.94. The van der Waals surface area contributed by atoms with Crippen molar-refractivity contribution in [3.63, 3.8) is 0 Å². The first-order valence-electron chi connectivity index (χ1n) is 13.7. The maximum atomic E-state index is 4.94. The van der Waals surface area contributed by atoms with Crippen molar-refractivity contribution >= 4 is 22.5 Å². The first-order valence-corrected chi connectivity index (χ1v) is 13.7. The molecular weight excluding hydrogens is 450 g/mol. The van der Waals surface area contributed by atoms with Gasteiger partial charge in [-0.1, -0.05) is 70.2 Å². The largest absolute Gasteiger partial charge is 0.375 e. The van der Waals surface area contributed by atoms with Gasteiger partial charge in [0.2, 0.25) is 0 Å². The first kappa shape index (κ1) is 28.2. The Balaban J connectivity index is 1.76. The number of hydrogen-bond donors (Lipinski definition) is 0. The molecule has 0 radical (unpaired) electrons. The molecule has 0 spiro atoms. The fourth-order valence-corrected chi connectivity index (χ4v) is 4.52. The van der Waals surface area contributed by atoms with Gasteiger partial charge in [-0.05, 0) is 81.1 Å². The van der Waals surface area contributed by atoms with Gasteiger partial charge in [0.05, 0.1) is 11.4 Å². The number of anilines is 2. The van der Waals surface area contributed by atoms with Crippen LogP contribution in [0.3, 0.4) is 0 Å². The summed E-state index contributed by atoms with van der Waals surface area (Å²) in [6.07, 6.45) is 4.77. The number of hydrogen-bond acceptors (Lipinski definition) is 3. The van der Waals surface area contributed by atoms with Crippen LogP contribution in [0.25, 0.3) is 11.1 Å². The van der Waals surface area contributed by atoms with Crippen molar-refractivity contribution in [2.75, 3.05) is 29.9 Å². The van der Waals surface area contributed by atoms with Crippen LogP contribution in [-0.4, -0.2) is 30.7 Å². The smallest absolute Gasteiger partial charge is 0.0709 e. The maximum absolute atomic E-state index is 4.94. The standard InChI is InChI=1S/C34H45N3/c1-9-11-24-36(8)30-20-16-28(17-21-30)26(3)32-14-13-15-33(35-32)27(4)29-18-22-31(23-19-29)37(25-12-10-2)34(5,6)7/h13-23H,3-4,9-12,24-25H2,1-2,5-8H3. The average Bonchev–Trinajstić information content (AvgIpc) is 2.91. The van der Waals surface area contributed by atoms with Gasteiger partial charge in [-0.3, -0.25) is 0 Å². The van der Waals surface area contributed by atoms with Gasteiger partial charge < -0.3 is 9.80 Å². The van der Waals surface area contributed by atoms with Crippen molar-refractivity contribution in [1.82, 2.24) is 4.98 Å². The average molecular weight is 496 g/mol. The quantitative estimate of drug-likeness (QED) is 0.250. The number of nitrogens with zero attached hydrogens (tertiary/aromatic N) is 3. The van der Waals surface area contributed by atoms with E-state index >= 15 is 0 Å². The van der Waals surface area contributed by atoms with E-state index in [0.717, 1.165) is 46.8 Å². The number of unbranched alkanes of at least 4 members (excludes halogenated alkanes) is 2. The van der Waals surface area contributed by atoms with Gasteiger partial charge in [-0.2, -0.15) is 0 Å². The van der Waals surface area contributed by atoms with Gasteiger partial charge in [0.25, 0.3) is 0 Å². The molecule has 1 aromatic heterocycles. The topological polar surface area (TPSA) is 19.4 Å². The van der Waals surface area contributed by atoms with Crippen molar-refractivity contribution in [2.24, 2.45) is 0 Å². The molecule has 0 amide bonds. The van der Waals surface area contributed by atoms with Crippen LogP contribution in [0.1, 0.15) is 82.8 Å². The molecule has 0 atom stereocenters. The molecule has 3 aromatic rings. The lowest BCUT2D eigenvalue weighted by atomic mass is 9.99. The van der Waals surface area contributed by atoms with Crippen LogP contribution in [0.15, 0.2) is 79.9 Å². The van der Waals surface area contributed by atoms with Crippen LogP contribution < -0.4 is 9.80 Å². The Kier molecular flexibility index (Phi) is 9.74. The third kappa shape index (κ3) is 7.35. The van der Waals surface area contributed by atoms with Crippen LogP contribution in [0.5, 0.6) is 0 Å². The van der Waals surface area contributed by atoms with Crippen LogP contribution in [0.4, 0.5) is 11.4 Å². The molecule has 0 bridgehead atoms. The van der Waals surface area contributed by atoms with E-state index in [4.69, 9.17) is 4.98 Å². The summed E-state index contributed by atoms with van der Waals surface area (Å²) in [4.78, 5) is 9.73. The lowest BCUT2D eigenvalue weighted by Gasteiger charge is -2.38. The highest BCUT2D eigenvalue weighted by molar-refractivity contribution is 5.80. The Morgan fingerprint density at radius 1 is 0.703 bits per heavy atom. The second-order valence-electron chi connectivity index (χ2n) is 10.9. The van der Waals surface area contributed by atoms with Gasteiger partial charge in [-0.25, -0.2) is 4.98 Å². The van der Waals surface area contributed by atoms with Crippen molar-refractivity contribution in [3.05, 3.63) is 102 Å². The monoisotopic (exact) mass is 495 g/mol. The fraction of sp³-hybridized carbons (Fsp3) is 0.382. The van der Waals surface area contributed by atoms with Gasteiger partial charge in [-0.15, -0.1) is 0 Å². The highest BCUT2D eigenvalue weighted by Crippen LogP contribution is 2.29. The SMILES string of the molecule is C=C(c1ccc(N(C)CCCC)cc1)c1cccc(C(=C)c2ccc(N(CCCC)C(C)(C)C)cc2)n1. The molecule has 0 unspecified atom stereocenters. The van der Waals surface area contributed by atoms with E-state index in [9.17, 15) is 0 Å². The Hall–Kier alpha value is -3.33. The Labute approximate surface area is 225 Å². The minimum Gasteiger partial charge on any atom is -0.375 e. The molecule has 2 aromatic carbocycles. The van der Waals surface area contributed by atoms with E-state index in [1.165, 1.54) is 37.1 Å². The van der Waals surface area contributed by atoms with E-state index in [2.05, 4.69) is 113 Å². The molecule has 0 aliphatic rings. The van der Waals surface area contributed by atoms with Crippen molar-refractivity contribution in [2.45, 2.75) is 65.8 Å². The van der Waals surface area contributed by atoms with Gasteiger partial charge in [0.15, 0.2) is 0 Å². The van der Waals surface area contributed by atoms with Crippen molar-refractivity contribution in [1.29, 1.82) is 0 Å². The number of aromatic nitrogens is 1. The van der Waals surface area contributed by atoms with Crippen molar-refractivity contribution < 1.29 is 0 Å². The number of benzene rings is 2. The Morgan fingerprint density at radius 2 is 1.16 bits per heavy atom. The minimum absolute atomic E-state index is 0.0765. The van der Waals surface area contributed by atoms with E-state index < -0.39 is 0 Å². The summed E-state index contributed by atoms with van der Waals surface area (Å²) in [6, 6.07) is 23.5. The molecule has 3 heteroatoms. The van der Waals surface area contributed by atoms with Crippen LogP contribution >= 0.6 is 0 Å². The summed E-state index contributed by atoms with van der Waals surface area (Å²) >= 11 is 0. The Morgan fingerprint density at radius 3 is 1.62 bits per heavy atom. The molecule has 3 rings (SSSR count). The maximum Gasteiger partial charge on any atom is 0.0709 e. The zero-order valence-corrected chi connectivity index (χ0v) is 23.8. The molecule has 0 aliphatic carbocycles. The number of pyridine rings is 1. The zero-order chi connectivity index (χ0) is 27.0. The lowest BCUT2D eigenvalue weighted by molar-refractivity contribution is 0.494. The van der Waals surface area contributed by atoms with E-state index in [-0.39, 0.29) is 5.54 Å². The van der Waals surface area contributed by atoms with Crippen LogP contribution in [-0.2, 0) is 0 Å². The van der Waals surface area contributed by atoms with E-state index in [0.29, 0.717) is 0 Å².